The Morgan fingerprint density at radius 3 is 2.00 bits per heavy atom. The minimum Gasteiger partial charge on any atom is -0.480 e. The molecule has 0 saturated carbocycles. The predicted octanol–water partition coefficient (Wildman–Crippen LogP) is -0.826. The van der Waals surface area contributed by atoms with Crippen LogP contribution in [0.25, 0.3) is 0 Å². The van der Waals surface area contributed by atoms with E-state index in [-0.39, 0.29) is 13.0 Å². The summed E-state index contributed by atoms with van der Waals surface area (Å²) in [6.07, 6.45) is 0.416. The highest BCUT2D eigenvalue weighted by molar-refractivity contribution is 7.70. The highest BCUT2D eigenvalue weighted by Crippen LogP contribution is 2.62. The molecule has 0 aromatic heterocycles. The molecule has 0 aliphatic carbocycles. The molecule has 0 spiro atoms. The molecule has 11 heteroatoms. The quantitative estimate of drug-likeness (QED) is 0.417. The molecule has 0 bridgehead atoms. The summed E-state index contributed by atoms with van der Waals surface area (Å²) in [6.45, 7) is -0.0716. The van der Waals surface area contributed by atoms with Gasteiger partial charge in [0.1, 0.15) is 6.04 Å². The molecular weight excluding hydrogens is 276 g/mol. The number of carbonyl (C=O) groups is 1. The van der Waals surface area contributed by atoms with Crippen molar-refractivity contribution in [2.75, 3.05) is 6.54 Å². The van der Waals surface area contributed by atoms with Crippen molar-refractivity contribution >= 4 is 21.2 Å². The maximum Gasteiger partial charge on any atom is 0.355 e. The minimum atomic E-state index is -5.12. The summed E-state index contributed by atoms with van der Waals surface area (Å²) in [4.78, 5) is 47.3. The third kappa shape index (κ3) is 3.35. The average Bonchev–Trinajstić information content (AvgIpc) is 2.46. The molecule has 0 radical (unpaired) electrons. The van der Waals surface area contributed by atoms with Gasteiger partial charge < -0.3 is 24.7 Å². The Morgan fingerprint density at radius 1 is 1.18 bits per heavy atom. The first-order chi connectivity index (χ1) is 7.55. The van der Waals surface area contributed by atoms with Crippen molar-refractivity contribution in [1.29, 1.82) is 0 Å². The van der Waals surface area contributed by atoms with Gasteiger partial charge in [-0.25, -0.2) is 0 Å². The van der Waals surface area contributed by atoms with Gasteiger partial charge in [0.25, 0.3) is 0 Å². The van der Waals surface area contributed by atoms with Gasteiger partial charge in [-0.15, -0.1) is 0 Å². The first-order valence-electron chi connectivity index (χ1n) is 4.64. The topological polar surface area (TPSA) is 156 Å². The highest BCUT2D eigenvalue weighted by atomic mass is 31.2. The molecule has 1 fully saturated rings. The smallest absolute Gasteiger partial charge is 0.355 e. The van der Waals surface area contributed by atoms with Crippen molar-refractivity contribution in [3.8, 4) is 0 Å². The summed E-state index contributed by atoms with van der Waals surface area (Å²) >= 11 is 0. The molecule has 1 rings (SSSR count). The number of nitrogens with zero attached hydrogens (tertiary/aromatic N) is 1. The standard InChI is InChI=1S/C6H13NO8P2/c8-5(9)4-2-1-3-7(4)6(16(10,11)12)17(13,14)15/h4,6H,1-3H2,(H,8,9)(H2,10,11,12)(H2,13,14,15)/t4-/m0/s1. The van der Waals surface area contributed by atoms with Crippen LogP contribution in [0, 0.1) is 0 Å². The molecule has 1 heterocycles. The maximum absolute atomic E-state index is 11.1. The van der Waals surface area contributed by atoms with Gasteiger partial charge in [0.05, 0.1) is 0 Å². The Bertz CT molecular complexity index is 377. The van der Waals surface area contributed by atoms with Crippen molar-refractivity contribution < 1.29 is 38.6 Å². The van der Waals surface area contributed by atoms with E-state index in [2.05, 4.69) is 0 Å². The van der Waals surface area contributed by atoms with E-state index in [9.17, 15) is 13.9 Å². The number of hydrogen-bond acceptors (Lipinski definition) is 4. The summed E-state index contributed by atoms with van der Waals surface area (Å²) in [5, 5.41) is 8.82. The summed E-state index contributed by atoms with van der Waals surface area (Å²) in [5.74, 6) is -1.35. The number of carboxylic acids is 1. The fourth-order valence-electron chi connectivity index (χ4n) is 1.91. The number of aliphatic carboxylic acids is 1. The van der Waals surface area contributed by atoms with Crippen LogP contribution in [-0.2, 0) is 13.9 Å². The second-order valence-electron chi connectivity index (χ2n) is 3.76. The Balaban J connectivity index is 3.12. The second-order valence-corrected chi connectivity index (χ2v) is 7.50. The zero-order valence-corrected chi connectivity index (χ0v) is 10.4. The van der Waals surface area contributed by atoms with E-state index in [0.717, 1.165) is 0 Å². The second kappa shape index (κ2) is 4.78. The van der Waals surface area contributed by atoms with Crippen LogP contribution in [-0.4, -0.2) is 53.7 Å². The molecule has 9 nitrogen and oxygen atoms in total. The lowest BCUT2D eigenvalue weighted by molar-refractivity contribution is -0.142. The van der Waals surface area contributed by atoms with Gasteiger partial charge in [-0.2, -0.15) is 0 Å². The monoisotopic (exact) mass is 289 g/mol. The van der Waals surface area contributed by atoms with Gasteiger partial charge in [-0.05, 0) is 12.8 Å². The molecule has 17 heavy (non-hydrogen) atoms. The molecule has 0 unspecified atom stereocenters. The predicted molar refractivity (Wildman–Crippen MR) is 55.2 cm³/mol. The van der Waals surface area contributed by atoms with Crippen LogP contribution in [0.4, 0.5) is 0 Å². The van der Waals surface area contributed by atoms with E-state index in [1.165, 1.54) is 0 Å². The molecule has 5 N–H and O–H groups in total. The zero-order chi connectivity index (χ0) is 13.4. The molecule has 1 aliphatic heterocycles. The summed E-state index contributed by atoms with van der Waals surface area (Å²) in [7, 11) is -10.2. The highest BCUT2D eigenvalue weighted by Gasteiger charge is 2.52. The Labute approximate surface area is 96.4 Å². The van der Waals surface area contributed by atoms with Crippen molar-refractivity contribution in [3.63, 3.8) is 0 Å². The van der Waals surface area contributed by atoms with Crippen LogP contribution in [0.2, 0.25) is 0 Å². The van der Waals surface area contributed by atoms with Gasteiger partial charge in [-0.3, -0.25) is 18.8 Å². The van der Waals surface area contributed by atoms with E-state index in [1.54, 1.807) is 0 Å². The molecule has 1 saturated heterocycles. The van der Waals surface area contributed by atoms with Crippen LogP contribution >= 0.6 is 15.2 Å². The summed E-state index contributed by atoms with van der Waals surface area (Å²) in [5.41, 5.74) is -2.38. The van der Waals surface area contributed by atoms with Crippen LogP contribution < -0.4 is 0 Å². The molecule has 1 aliphatic rings. The first-order valence-corrected chi connectivity index (χ1v) is 8.00. The van der Waals surface area contributed by atoms with Crippen LogP contribution in [0.3, 0.4) is 0 Å². The third-order valence-corrected chi connectivity index (χ3v) is 6.08. The SMILES string of the molecule is O=C(O)[C@@H]1CCCN1C(P(=O)(O)O)P(=O)(O)O. The van der Waals surface area contributed by atoms with Crippen LogP contribution in [0.5, 0.6) is 0 Å². The van der Waals surface area contributed by atoms with E-state index in [0.29, 0.717) is 11.3 Å². The lowest BCUT2D eigenvalue weighted by Gasteiger charge is -2.31. The number of hydrogen-bond donors (Lipinski definition) is 5. The molecule has 1 atom stereocenters. The maximum atomic E-state index is 11.1. The largest absolute Gasteiger partial charge is 0.480 e. The van der Waals surface area contributed by atoms with E-state index >= 15 is 0 Å². The van der Waals surface area contributed by atoms with E-state index in [4.69, 9.17) is 24.7 Å². The summed E-state index contributed by atoms with van der Waals surface area (Å²) in [6, 6.07) is -1.28. The van der Waals surface area contributed by atoms with E-state index in [1.807, 2.05) is 0 Å². The fourth-order valence-corrected chi connectivity index (χ4v) is 4.81. The van der Waals surface area contributed by atoms with Crippen molar-refractivity contribution in [1.82, 2.24) is 4.90 Å². The minimum absolute atomic E-state index is 0.0716. The molecule has 100 valence electrons. The Morgan fingerprint density at radius 2 is 1.65 bits per heavy atom. The normalized spacial score (nSPS) is 23.2. The van der Waals surface area contributed by atoms with Gasteiger partial charge in [0.15, 0.2) is 0 Å². The lowest BCUT2D eigenvalue weighted by Crippen LogP contribution is -2.42. The zero-order valence-electron chi connectivity index (χ0n) is 8.58. The number of likely N-dealkylation sites (tertiary alicyclic amines) is 1. The summed E-state index contributed by atoms with van der Waals surface area (Å²) < 4.78 is 22.2. The van der Waals surface area contributed by atoms with Gasteiger partial charge in [0.2, 0.25) is 5.52 Å². The molecule has 0 aromatic carbocycles. The Kier molecular flexibility index (Phi) is 4.16. The fraction of sp³-hybridized carbons (Fsp3) is 0.833. The molecular formula is C6H13NO8P2. The van der Waals surface area contributed by atoms with Crippen molar-refractivity contribution in [2.24, 2.45) is 0 Å². The third-order valence-electron chi connectivity index (χ3n) is 2.48. The van der Waals surface area contributed by atoms with Gasteiger partial charge in [-0.1, -0.05) is 0 Å². The van der Waals surface area contributed by atoms with Crippen molar-refractivity contribution in [3.05, 3.63) is 0 Å². The lowest BCUT2D eigenvalue weighted by atomic mass is 10.2. The Hall–Kier alpha value is -0.270. The van der Waals surface area contributed by atoms with Crippen LogP contribution in [0.1, 0.15) is 12.8 Å². The molecule has 0 aromatic rings. The first kappa shape index (κ1) is 14.8. The van der Waals surface area contributed by atoms with E-state index < -0.39 is 32.7 Å². The average molecular weight is 289 g/mol. The van der Waals surface area contributed by atoms with Crippen molar-refractivity contribution in [2.45, 2.75) is 24.4 Å². The van der Waals surface area contributed by atoms with Gasteiger partial charge >= 0.3 is 21.2 Å². The van der Waals surface area contributed by atoms with Crippen LogP contribution in [0.15, 0.2) is 0 Å². The number of carboxylic acid groups (broad SMARTS) is 1. The molecule has 0 amide bonds. The van der Waals surface area contributed by atoms with Gasteiger partial charge in [0, 0.05) is 6.54 Å². The number of rotatable bonds is 4.